The van der Waals surface area contributed by atoms with Gasteiger partial charge in [0.25, 0.3) is 0 Å². The smallest absolute Gasteiger partial charge is 0.306 e. The molecule has 0 radical (unpaired) electrons. The number of hydrogen-bond acceptors (Lipinski definition) is 8. The Labute approximate surface area is 405 Å². The highest BCUT2D eigenvalue weighted by Gasteiger charge is 2.14. The zero-order valence-electron chi connectivity index (χ0n) is 43.0. The van der Waals surface area contributed by atoms with Gasteiger partial charge < -0.3 is 29.2 Å². The molecule has 0 aliphatic carbocycles. The Balaban J connectivity index is 0.000000671. The number of carbonyl (C=O) groups is 2. The predicted molar refractivity (Wildman–Crippen MR) is 275 cm³/mol. The van der Waals surface area contributed by atoms with Crippen LogP contribution >= 0.6 is 0 Å². The Morgan fingerprint density at radius 3 is 0.924 bits per heavy atom. The van der Waals surface area contributed by atoms with E-state index in [4.69, 9.17) is 18.9 Å². The van der Waals surface area contributed by atoms with Gasteiger partial charge in [0.2, 0.25) is 0 Å². The van der Waals surface area contributed by atoms with Gasteiger partial charge in [-0.05, 0) is 72.9 Å². The van der Waals surface area contributed by atoms with E-state index in [1.54, 1.807) is 14.2 Å². The van der Waals surface area contributed by atoms with Crippen molar-refractivity contribution in [2.45, 2.75) is 245 Å². The Kier molecular flexibility index (Phi) is 42.2. The first kappa shape index (κ1) is 60.9. The van der Waals surface area contributed by atoms with Crippen LogP contribution in [0.2, 0.25) is 0 Å². The summed E-state index contributed by atoms with van der Waals surface area (Å²) in [7, 11) is 3.27. The van der Waals surface area contributed by atoms with Gasteiger partial charge in [-0.1, -0.05) is 218 Å². The van der Waals surface area contributed by atoms with Gasteiger partial charge in [0, 0.05) is 26.1 Å². The van der Waals surface area contributed by atoms with E-state index in [9.17, 15) is 19.8 Å². The molecule has 66 heavy (non-hydrogen) atoms. The Bertz CT molecular complexity index is 1350. The highest BCUT2D eigenvalue weighted by atomic mass is 16.5. The monoisotopic (exact) mass is 925 g/mol. The lowest BCUT2D eigenvalue weighted by Gasteiger charge is -2.15. The normalized spacial score (nSPS) is 12.0. The molecule has 2 rings (SSSR count). The third-order valence-electron chi connectivity index (χ3n) is 13.1. The summed E-state index contributed by atoms with van der Waals surface area (Å²) in [5.74, 6) is 2.11. The lowest BCUT2D eigenvalue weighted by molar-refractivity contribution is -0.146. The van der Waals surface area contributed by atoms with Crippen LogP contribution < -0.4 is 9.47 Å². The lowest BCUT2D eigenvalue weighted by Crippen LogP contribution is -2.10. The molecule has 8 heteroatoms. The molecule has 0 bridgehead atoms. The topological polar surface area (TPSA) is 112 Å². The first-order chi connectivity index (χ1) is 32.4. The summed E-state index contributed by atoms with van der Waals surface area (Å²) in [5.41, 5.74) is 1.92. The Hall–Kier alpha value is -3.10. The number of rotatable bonds is 44. The molecule has 2 N–H and O–H groups in total. The van der Waals surface area contributed by atoms with Gasteiger partial charge in [0.15, 0.2) is 0 Å². The molecule has 380 valence electrons. The first-order valence-corrected chi connectivity index (χ1v) is 27.2. The van der Waals surface area contributed by atoms with Crippen molar-refractivity contribution in [1.82, 2.24) is 0 Å². The molecular formula is C58H100O8. The Morgan fingerprint density at radius 1 is 0.394 bits per heavy atom. The third kappa shape index (κ3) is 37.0. The number of benzene rings is 2. The second-order valence-electron chi connectivity index (χ2n) is 18.9. The average Bonchev–Trinajstić information content (AvgIpc) is 3.34. The van der Waals surface area contributed by atoms with Crippen molar-refractivity contribution < 1.29 is 38.7 Å². The summed E-state index contributed by atoms with van der Waals surface area (Å²) in [5, 5.41) is 18.7. The van der Waals surface area contributed by atoms with Crippen LogP contribution in [0.5, 0.6) is 11.5 Å². The zero-order valence-corrected chi connectivity index (χ0v) is 43.0. The molecule has 8 nitrogen and oxygen atoms in total. The van der Waals surface area contributed by atoms with E-state index in [2.05, 4.69) is 13.8 Å². The summed E-state index contributed by atoms with van der Waals surface area (Å²) in [6.45, 7) is 5.53. The van der Waals surface area contributed by atoms with Crippen LogP contribution in [0.25, 0.3) is 0 Å². The van der Waals surface area contributed by atoms with Crippen LogP contribution in [-0.4, -0.2) is 49.6 Å². The van der Waals surface area contributed by atoms with E-state index < -0.39 is 0 Å². The van der Waals surface area contributed by atoms with Crippen LogP contribution in [0, 0.1) is 11.8 Å². The van der Waals surface area contributed by atoms with Crippen LogP contribution in [0.15, 0.2) is 48.5 Å². The van der Waals surface area contributed by atoms with Crippen molar-refractivity contribution in [2.24, 2.45) is 11.8 Å². The maximum absolute atomic E-state index is 12.2. The highest BCUT2D eigenvalue weighted by molar-refractivity contribution is 5.69. The molecule has 0 fully saturated rings. The summed E-state index contributed by atoms with van der Waals surface area (Å²) in [6, 6.07) is 15.1. The number of aliphatic hydroxyl groups is 2. The van der Waals surface area contributed by atoms with Crippen molar-refractivity contribution in [2.75, 3.05) is 27.4 Å². The second kappa shape index (κ2) is 45.7. The minimum absolute atomic E-state index is 0.152. The summed E-state index contributed by atoms with van der Waals surface area (Å²) in [4.78, 5) is 24.2. The number of aliphatic hydroxyl groups excluding tert-OH is 2. The van der Waals surface area contributed by atoms with E-state index in [-0.39, 0.29) is 25.2 Å². The molecule has 0 saturated carbocycles. The number of ether oxygens (including phenoxy) is 4. The summed E-state index contributed by atoms with van der Waals surface area (Å²) >= 11 is 0. The first-order valence-electron chi connectivity index (χ1n) is 27.2. The third-order valence-corrected chi connectivity index (χ3v) is 13.1. The average molecular weight is 925 g/mol. The predicted octanol–water partition coefficient (Wildman–Crippen LogP) is 16.0. The van der Waals surface area contributed by atoms with E-state index >= 15 is 0 Å². The fourth-order valence-electron chi connectivity index (χ4n) is 8.69. The number of carbonyl (C=O) groups excluding carboxylic acids is 2. The Morgan fingerprint density at radius 2 is 0.667 bits per heavy atom. The molecule has 0 aromatic heterocycles. The maximum atomic E-state index is 12.2. The minimum atomic E-state index is -0.156. The molecule has 0 aliphatic rings. The molecule has 2 unspecified atom stereocenters. The molecule has 2 aromatic carbocycles. The van der Waals surface area contributed by atoms with Crippen molar-refractivity contribution in [3.8, 4) is 11.5 Å². The molecule has 2 atom stereocenters. The van der Waals surface area contributed by atoms with E-state index in [0.717, 1.165) is 61.2 Å². The maximum Gasteiger partial charge on any atom is 0.306 e. The molecule has 0 aliphatic heterocycles. The minimum Gasteiger partial charge on any atom is -0.497 e. The second-order valence-corrected chi connectivity index (χ2v) is 18.9. The van der Waals surface area contributed by atoms with Crippen LogP contribution in [-0.2, 0) is 32.3 Å². The van der Waals surface area contributed by atoms with E-state index in [1.165, 1.54) is 167 Å². The molecule has 0 spiro atoms. The molecule has 2 aromatic rings. The standard InChI is InChI=1S/C32H56O4.C26H44O4/c1-3-4-5-6-7-8-9-10-11-12-13-14-15-16-17-18-19-29(26-27-33)22-25-32(34)36-28-30-20-23-31(35-2)24-21-30;1-3-4-5-6-7-8-9-10-11-12-13-23(20-21-27)16-19-26(28)30-22-24-14-17-25(29-2)18-15-24/h20-21,23-24,29,33H,3-19,22,25-28H2,1-2H3;14-15,17-18,23,27H,3-13,16,19-22H2,1-2H3. The van der Waals surface area contributed by atoms with Crippen molar-refractivity contribution in [3.63, 3.8) is 0 Å². The van der Waals surface area contributed by atoms with Crippen molar-refractivity contribution in [1.29, 1.82) is 0 Å². The molecule has 0 amide bonds. The van der Waals surface area contributed by atoms with Crippen LogP contribution in [0.3, 0.4) is 0 Å². The highest BCUT2D eigenvalue weighted by Crippen LogP contribution is 2.23. The fraction of sp³-hybridized carbons (Fsp3) is 0.759. The fourth-order valence-corrected chi connectivity index (χ4v) is 8.69. The van der Waals surface area contributed by atoms with Crippen LogP contribution in [0.4, 0.5) is 0 Å². The number of unbranched alkanes of at least 4 members (excludes halogenated alkanes) is 24. The SMILES string of the molecule is CCCCCCCCCCCCC(CCO)CCC(=O)OCc1ccc(OC)cc1.CCCCCCCCCCCCCCCCCCC(CCO)CCC(=O)OCc1ccc(OC)cc1. The number of esters is 2. The van der Waals surface area contributed by atoms with Crippen molar-refractivity contribution in [3.05, 3.63) is 59.7 Å². The van der Waals surface area contributed by atoms with E-state index in [0.29, 0.717) is 37.9 Å². The van der Waals surface area contributed by atoms with Gasteiger partial charge >= 0.3 is 11.9 Å². The van der Waals surface area contributed by atoms with Gasteiger partial charge in [0.1, 0.15) is 24.7 Å². The van der Waals surface area contributed by atoms with Gasteiger partial charge in [0.05, 0.1) is 14.2 Å². The van der Waals surface area contributed by atoms with Gasteiger partial charge in [-0.25, -0.2) is 0 Å². The molecule has 0 heterocycles. The van der Waals surface area contributed by atoms with Gasteiger partial charge in [-0.15, -0.1) is 0 Å². The van der Waals surface area contributed by atoms with Gasteiger partial charge in [-0.2, -0.15) is 0 Å². The van der Waals surface area contributed by atoms with E-state index in [1.807, 2.05) is 48.5 Å². The zero-order chi connectivity index (χ0) is 48.0. The van der Waals surface area contributed by atoms with Crippen molar-refractivity contribution >= 4 is 11.9 Å². The van der Waals surface area contributed by atoms with Crippen LogP contribution in [0.1, 0.15) is 243 Å². The molecule has 0 saturated heterocycles. The summed E-state index contributed by atoms with van der Waals surface area (Å²) < 4.78 is 21.1. The number of methoxy groups -OCH3 is 2. The summed E-state index contributed by atoms with van der Waals surface area (Å²) in [6.07, 6.45) is 41.6. The largest absolute Gasteiger partial charge is 0.497 e. The quantitative estimate of drug-likeness (QED) is 0.0499. The molecular weight excluding hydrogens is 825 g/mol. The lowest BCUT2D eigenvalue weighted by atomic mass is 9.93. The number of hydrogen-bond donors (Lipinski definition) is 2. The van der Waals surface area contributed by atoms with Gasteiger partial charge in [-0.3, -0.25) is 9.59 Å².